The smallest absolute Gasteiger partial charge is 0.303 e. The van der Waals surface area contributed by atoms with E-state index in [4.69, 9.17) is 5.11 Å². The molecule has 0 saturated heterocycles. The van der Waals surface area contributed by atoms with Gasteiger partial charge in [-0.05, 0) is 81.0 Å². The number of carboxylic acids is 1. The van der Waals surface area contributed by atoms with Gasteiger partial charge in [0, 0.05) is 24.1 Å². The molecule has 1 aliphatic carbocycles. The summed E-state index contributed by atoms with van der Waals surface area (Å²) in [5.74, 6) is -0.638. The van der Waals surface area contributed by atoms with E-state index in [1.54, 1.807) is 12.1 Å². The first kappa shape index (κ1) is 23.4. The van der Waals surface area contributed by atoms with Gasteiger partial charge in [-0.2, -0.15) is 0 Å². The molecule has 168 valence electrons. The lowest BCUT2D eigenvalue weighted by Crippen LogP contribution is -2.43. The molecule has 0 saturated carbocycles. The molecule has 0 fully saturated rings. The summed E-state index contributed by atoms with van der Waals surface area (Å²) in [6.45, 7) is 4.56. The minimum Gasteiger partial charge on any atom is -0.481 e. The molecule has 0 heterocycles. The van der Waals surface area contributed by atoms with Crippen LogP contribution < -0.4 is 5.32 Å². The van der Waals surface area contributed by atoms with E-state index in [1.165, 1.54) is 17.2 Å². The van der Waals surface area contributed by atoms with Crippen LogP contribution in [0.4, 0.5) is 4.39 Å². The van der Waals surface area contributed by atoms with Crippen LogP contribution in [0.2, 0.25) is 0 Å². The SMILES string of the molecule is CC(C)(CC1Cc2ccccc2C1)NC[C@@H](O)c1cc(CCCCC(=O)O)ccc1F. The minimum atomic E-state index is -0.931. The Morgan fingerprint density at radius 1 is 1.16 bits per heavy atom. The summed E-state index contributed by atoms with van der Waals surface area (Å²) in [5, 5.41) is 22.8. The third kappa shape index (κ3) is 6.88. The highest BCUT2D eigenvalue weighted by Gasteiger charge is 2.28. The molecule has 2 aromatic carbocycles. The second kappa shape index (κ2) is 10.4. The summed E-state index contributed by atoms with van der Waals surface area (Å²) in [4.78, 5) is 10.6. The molecule has 31 heavy (non-hydrogen) atoms. The minimum absolute atomic E-state index is 0.141. The molecule has 0 aromatic heterocycles. The Morgan fingerprint density at radius 2 is 1.84 bits per heavy atom. The van der Waals surface area contributed by atoms with Crippen molar-refractivity contribution < 1.29 is 19.4 Å². The van der Waals surface area contributed by atoms with Gasteiger partial charge in [-0.1, -0.05) is 36.4 Å². The first-order valence-electron chi connectivity index (χ1n) is 11.2. The molecule has 0 unspecified atom stereocenters. The van der Waals surface area contributed by atoms with E-state index in [2.05, 4.69) is 43.4 Å². The second-order valence-corrected chi connectivity index (χ2v) is 9.48. The van der Waals surface area contributed by atoms with E-state index in [0.717, 1.165) is 31.2 Å². The van der Waals surface area contributed by atoms with Gasteiger partial charge >= 0.3 is 5.97 Å². The van der Waals surface area contributed by atoms with Gasteiger partial charge in [0.1, 0.15) is 5.82 Å². The Hall–Kier alpha value is -2.24. The average Bonchev–Trinajstić information content (AvgIpc) is 3.12. The molecule has 3 rings (SSSR count). The van der Waals surface area contributed by atoms with Crippen molar-refractivity contribution in [1.29, 1.82) is 0 Å². The van der Waals surface area contributed by atoms with E-state index >= 15 is 0 Å². The number of nitrogens with one attached hydrogen (secondary N) is 1. The van der Waals surface area contributed by atoms with Crippen LogP contribution in [-0.4, -0.2) is 28.3 Å². The van der Waals surface area contributed by atoms with Gasteiger partial charge in [0.05, 0.1) is 6.10 Å². The molecule has 0 radical (unpaired) electrons. The largest absolute Gasteiger partial charge is 0.481 e. The molecule has 1 atom stereocenters. The van der Waals surface area contributed by atoms with Crippen LogP contribution in [-0.2, 0) is 24.1 Å². The normalized spacial score (nSPS) is 15.1. The highest BCUT2D eigenvalue weighted by molar-refractivity contribution is 5.66. The van der Waals surface area contributed by atoms with Crippen LogP contribution >= 0.6 is 0 Å². The third-order valence-corrected chi connectivity index (χ3v) is 6.23. The molecule has 3 N–H and O–H groups in total. The maximum atomic E-state index is 14.3. The number of hydrogen-bond acceptors (Lipinski definition) is 3. The van der Waals surface area contributed by atoms with E-state index in [0.29, 0.717) is 24.3 Å². The van der Waals surface area contributed by atoms with Crippen molar-refractivity contribution >= 4 is 5.97 Å². The maximum absolute atomic E-state index is 14.3. The fraction of sp³-hybridized carbons (Fsp3) is 0.500. The molecule has 5 heteroatoms. The van der Waals surface area contributed by atoms with E-state index in [-0.39, 0.29) is 18.5 Å². The number of rotatable bonds is 11. The van der Waals surface area contributed by atoms with Gasteiger partial charge in [0.15, 0.2) is 0 Å². The Labute approximate surface area is 184 Å². The molecule has 0 bridgehead atoms. The molecule has 0 amide bonds. The number of aliphatic hydroxyl groups is 1. The zero-order valence-electron chi connectivity index (χ0n) is 18.5. The number of halogens is 1. The number of β-amino-alcohol motifs (C(OH)–C–C–N with tert-alkyl or cyclic N) is 1. The highest BCUT2D eigenvalue weighted by Crippen LogP contribution is 2.32. The zero-order valence-corrected chi connectivity index (χ0v) is 18.5. The molecule has 0 spiro atoms. The zero-order chi connectivity index (χ0) is 22.4. The number of benzene rings is 2. The summed E-state index contributed by atoms with van der Waals surface area (Å²) < 4.78 is 14.3. The van der Waals surface area contributed by atoms with Crippen molar-refractivity contribution in [1.82, 2.24) is 5.32 Å². The van der Waals surface area contributed by atoms with Crippen LogP contribution in [0, 0.1) is 11.7 Å². The van der Waals surface area contributed by atoms with Crippen molar-refractivity contribution in [3.8, 4) is 0 Å². The predicted octanol–water partition coefficient (Wildman–Crippen LogP) is 4.83. The van der Waals surface area contributed by atoms with Crippen LogP contribution in [0.5, 0.6) is 0 Å². The van der Waals surface area contributed by atoms with Crippen molar-refractivity contribution in [2.45, 2.75) is 70.4 Å². The highest BCUT2D eigenvalue weighted by atomic mass is 19.1. The van der Waals surface area contributed by atoms with Crippen LogP contribution in [0.15, 0.2) is 42.5 Å². The molecule has 2 aromatic rings. The Balaban J connectivity index is 1.51. The van der Waals surface area contributed by atoms with Crippen molar-refractivity contribution in [3.63, 3.8) is 0 Å². The van der Waals surface area contributed by atoms with Crippen LogP contribution in [0.25, 0.3) is 0 Å². The summed E-state index contributed by atoms with van der Waals surface area (Å²) in [6, 6.07) is 13.4. The van der Waals surface area contributed by atoms with Crippen molar-refractivity contribution in [2.24, 2.45) is 5.92 Å². The van der Waals surface area contributed by atoms with Crippen molar-refractivity contribution in [3.05, 3.63) is 70.5 Å². The fourth-order valence-electron chi connectivity index (χ4n) is 4.68. The number of hydrogen-bond donors (Lipinski definition) is 3. The van der Waals surface area contributed by atoms with Crippen LogP contribution in [0.3, 0.4) is 0 Å². The van der Waals surface area contributed by atoms with E-state index in [1.807, 2.05) is 0 Å². The average molecular weight is 428 g/mol. The fourth-order valence-corrected chi connectivity index (χ4v) is 4.68. The molecular formula is C26H34FNO3. The second-order valence-electron chi connectivity index (χ2n) is 9.48. The Morgan fingerprint density at radius 3 is 2.48 bits per heavy atom. The topological polar surface area (TPSA) is 69.6 Å². The molecular weight excluding hydrogens is 393 g/mol. The lowest BCUT2D eigenvalue weighted by Gasteiger charge is -2.30. The Kier molecular flexibility index (Phi) is 7.84. The number of carboxylic acid groups (broad SMARTS) is 1. The van der Waals surface area contributed by atoms with Gasteiger partial charge < -0.3 is 15.5 Å². The van der Waals surface area contributed by atoms with Gasteiger partial charge in [-0.25, -0.2) is 4.39 Å². The lowest BCUT2D eigenvalue weighted by atomic mass is 9.88. The summed E-state index contributed by atoms with van der Waals surface area (Å²) >= 11 is 0. The van der Waals surface area contributed by atoms with E-state index < -0.39 is 17.9 Å². The number of carbonyl (C=O) groups is 1. The summed E-state index contributed by atoms with van der Waals surface area (Å²) in [7, 11) is 0. The van der Waals surface area contributed by atoms with Gasteiger partial charge in [0.2, 0.25) is 0 Å². The lowest BCUT2D eigenvalue weighted by molar-refractivity contribution is -0.137. The number of unbranched alkanes of at least 4 members (excludes halogenated alkanes) is 1. The standard InChI is InChI=1S/C26H34FNO3/c1-26(2,16-19-13-20-8-4-5-9-21(20)14-19)28-17-24(29)22-15-18(11-12-23(22)27)7-3-6-10-25(30)31/h4-5,8-9,11-12,15,19,24,28-29H,3,6-7,10,13-14,16-17H2,1-2H3,(H,30,31)/t24-/m1/s1. The van der Waals surface area contributed by atoms with Gasteiger partial charge in [-0.3, -0.25) is 4.79 Å². The van der Waals surface area contributed by atoms with Gasteiger partial charge in [-0.15, -0.1) is 0 Å². The first-order valence-corrected chi connectivity index (χ1v) is 11.2. The quantitative estimate of drug-likeness (QED) is 0.449. The summed E-state index contributed by atoms with van der Waals surface area (Å²) in [5.41, 5.74) is 3.92. The Bertz CT molecular complexity index is 871. The van der Waals surface area contributed by atoms with Gasteiger partial charge in [0.25, 0.3) is 0 Å². The van der Waals surface area contributed by atoms with E-state index in [9.17, 15) is 14.3 Å². The molecule has 4 nitrogen and oxygen atoms in total. The number of aryl methyl sites for hydroxylation is 1. The number of fused-ring (bicyclic) bond motifs is 1. The van der Waals surface area contributed by atoms with Crippen LogP contribution in [0.1, 0.15) is 67.9 Å². The third-order valence-electron chi connectivity index (χ3n) is 6.23. The monoisotopic (exact) mass is 427 g/mol. The number of aliphatic carboxylic acids is 1. The first-order chi connectivity index (χ1) is 14.7. The maximum Gasteiger partial charge on any atom is 0.303 e. The molecule has 0 aliphatic heterocycles. The number of aliphatic hydroxyl groups excluding tert-OH is 1. The molecule has 1 aliphatic rings. The van der Waals surface area contributed by atoms with Crippen molar-refractivity contribution in [2.75, 3.05) is 6.54 Å². The predicted molar refractivity (Wildman–Crippen MR) is 121 cm³/mol. The summed E-state index contributed by atoms with van der Waals surface area (Å²) in [6.07, 6.45) is 4.36.